The van der Waals surface area contributed by atoms with E-state index < -0.39 is 0 Å². The average molecular weight is 209 g/mol. The molecule has 1 aliphatic rings. The number of hydrogen-bond donors (Lipinski definition) is 0. The van der Waals surface area contributed by atoms with Gasteiger partial charge in [0.2, 0.25) is 0 Å². The Balaban J connectivity index is 2.34. The van der Waals surface area contributed by atoms with Crippen molar-refractivity contribution in [2.75, 3.05) is 33.4 Å². The van der Waals surface area contributed by atoms with Crippen molar-refractivity contribution in [3.05, 3.63) is 11.6 Å². The number of aryl methyl sites for hydroxylation is 2. The van der Waals surface area contributed by atoms with Crippen LogP contribution in [0.2, 0.25) is 0 Å². The molecule has 0 atom stereocenters. The van der Waals surface area contributed by atoms with Crippen LogP contribution in [0, 0.1) is 13.8 Å². The van der Waals surface area contributed by atoms with E-state index in [4.69, 9.17) is 4.74 Å². The normalized spacial score (nSPS) is 20.2. The van der Waals surface area contributed by atoms with Crippen molar-refractivity contribution in [1.82, 2.24) is 19.4 Å². The maximum atomic E-state index is 5.36. The van der Waals surface area contributed by atoms with E-state index in [-0.39, 0.29) is 0 Å². The second kappa shape index (κ2) is 3.83. The highest BCUT2D eigenvalue weighted by Gasteiger charge is 2.31. The molecule has 5 nitrogen and oxygen atoms in total. The summed E-state index contributed by atoms with van der Waals surface area (Å²) in [5, 5.41) is 0. The van der Waals surface area contributed by atoms with Crippen LogP contribution in [-0.4, -0.2) is 48.3 Å². The molecule has 0 bridgehead atoms. The first-order chi connectivity index (χ1) is 7.10. The number of likely N-dealkylation sites (N-methyl/N-ethyl adjacent to an activating group) is 1. The molecule has 0 spiro atoms. The molecule has 5 heteroatoms. The predicted octanol–water partition coefficient (Wildman–Crippen LogP) is 0.456. The summed E-state index contributed by atoms with van der Waals surface area (Å²) < 4.78 is 6.11. The highest BCUT2D eigenvalue weighted by Crippen LogP contribution is 2.17. The maximum Gasteiger partial charge on any atom is 0.332 e. The first-order valence-electron chi connectivity index (χ1n) is 5.22. The topological polar surface area (TPSA) is 47.9 Å². The number of rotatable bonds is 1. The number of quaternary nitrogens is 1. The van der Waals surface area contributed by atoms with Gasteiger partial charge >= 0.3 is 5.95 Å². The molecule has 1 aromatic heterocycles. The molecule has 1 saturated heterocycles. The third kappa shape index (κ3) is 2.13. The summed E-state index contributed by atoms with van der Waals surface area (Å²) in [5.41, 5.74) is 0. The Morgan fingerprint density at radius 1 is 1.00 bits per heavy atom. The van der Waals surface area contributed by atoms with Gasteiger partial charge in [-0.25, -0.2) is 4.98 Å². The number of aromatic nitrogens is 3. The Hall–Kier alpha value is -1.07. The van der Waals surface area contributed by atoms with Crippen LogP contribution in [0.25, 0.3) is 0 Å². The van der Waals surface area contributed by atoms with E-state index >= 15 is 0 Å². The molecule has 1 fully saturated rings. The van der Waals surface area contributed by atoms with Gasteiger partial charge in [-0.3, -0.25) is 4.48 Å². The number of nitrogens with zero attached hydrogens (tertiary/aromatic N) is 4. The third-order valence-electron chi connectivity index (χ3n) is 2.79. The van der Waals surface area contributed by atoms with Crippen LogP contribution >= 0.6 is 0 Å². The number of hydrogen-bond acceptors (Lipinski definition) is 4. The molecule has 0 amide bonds. The lowest BCUT2D eigenvalue weighted by Crippen LogP contribution is -2.54. The van der Waals surface area contributed by atoms with E-state index in [1.165, 1.54) is 0 Å². The Bertz CT molecular complexity index is 340. The summed E-state index contributed by atoms with van der Waals surface area (Å²) in [5.74, 6) is 2.45. The lowest BCUT2D eigenvalue weighted by Gasteiger charge is -2.34. The summed E-state index contributed by atoms with van der Waals surface area (Å²) in [6, 6.07) is 0. The molecule has 2 heterocycles. The summed E-state index contributed by atoms with van der Waals surface area (Å²) in [4.78, 5) is 13.0. The van der Waals surface area contributed by atoms with E-state index in [0.29, 0.717) is 0 Å². The minimum Gasteiger partial charge on any atom is -0.370 e. The highest BCUT2D eigenvalue weighted by molar-refractivity contribution is 5.24. The fourth-order valence-corrected chi connectivity index (χ4v) is 1.79. The standard InChI is InChI=1S/C10H17N4O/c1-8-11-9(2)13-10(12-8)14(3)4-6-15-7-5-14/h4-7H2,1-3H3/q+1. The lowest BCUT2D eigenvalue weighted by atomic mass is 10.3. The van der Waals surface area contributed by atoms with Crippen LogP contribution in [0.15, 0.2) is 0 Å². The molecule has 15 heavy (non-hydrogen) atoms. The van der Waals surface area contributed by atoms with Crippen molar-refractivity contribution in [3.63, 3.8) is 0 Å². The first-order valence-corrected chi connectivity index (χ1v) is 5.22. The van der Waals surface area contributed by atoms with Gasteiger partial charge in [-0.1, -0.05) is 0 Å². The van der Waals surface area contributed by atoms with Crippen molar-refractivity contribution in [1.29, 1.82) is 0 Å². The fourth-order valence-electron chi connectivity index (χ4n) is 1.79. The Morgan fingerprint density at radius 2 is 1.53 bits per heavy atom. The van der Waals surface area contributed by atoms with Crippen LogP contribution in [0.4, 0.5) is 5.95 Å². The molecule has 0 radical (unpaired) electrons. The lowest BCUT2D eigenvalue weighted by molar-refractivity contribution is 0.0494. The van der Waals surface area contributed by atoms with Crippen LogP contribution in [0.1, 0.15) is 11.6 Å². The molecule has 1 aliphatic heterocycles. The van der Waals surface area contributed by atoms with E-state index in [0.717, 1.165) is 48.4 Å². The molecule has 82 valence electrons. The van der Waals surface area contributed by atoms with Gasteiger partial charge in [0.05, 0.1) is 20.3 Å². The Labute approximate surface area is 89.7 Å². The van der Waals surface area contributed by atoms with Crippen molar-refractivity contribution < 1.29 is 4.74 Å². The van der Waals surface area contributed by atoms with Crippen molar-refractivity contribution >= 4 is 5.95 Å². The van der Waals surface area contributed by atoms with Gasteiger partial charge in [0, 0.05) is 0 Å². The van der Waals surface area contributed by atoms with E-state index in [1.54, 1.807) is 0 Å². The maximum absolute atomic E-state index is 5.36. The Morgan fingerprint density at radius 3 is 2.07 bits per heavy atom. The Kier molecular flexibility index (Phi) is 2.67. The number of ether oxygens (including phenoxy) is 1. The first kappa shape index (κ1) is 10.4. The quantitative estimate of drug-likeness (QED) is 0.630. The van der Waals surface area contributed by atoms with Crippen LogP contribution in [0.5, 0.6) is 0 Å². The number of morpholine rings is 1. The van der Waals surface area contributed by atoms with Gasteiger partial charge in [0.25, 0.3) is 0 Å². The second-order valence-electron chi connectivity index (χ2n) is 4.19. The van der Waals surface area contributed by atoms with Gasteiger partial charge in [-0.15, -0.1) is 0 Å². The summed E-state index contributed by atoms with van der Waals surface area (Å²) in [6.07, 6.45) is 0. The summed E-state index contributed by atoms with van der Waals surface area (Å²) in [7, 11) is 2.15. The van der Waals surface area contributed by atoms with E-state index in [2.05, 4.69) is 22.0 Å². The molecule has 0 aromatic carbocycles. The van der Waals surface area contributed by atoms with E-state index in [1.807, 2.05) is 13.8 Å². The molecular weight excluding hydrogens is 192 g/mol. The van der Waals surface area contributed by atoms with Gasteiger partial charge in [0.1, 0.15) is 24.7 Å². The molecular formula is C10H17N4O+. The van der Waals surface area contributed by atoms with Crippen molar-refractivity contribution in [2.24, 2.45) is 0 Å². The summed E-state index contributed by atoms with van der Waals surface area (Å²) in [6.45, 7) is 7.24. The van der Waals surface area contributed by atoms with Gasteiger partial charge in [-0.2, -0.15) is 9.97 Å². The van der Waals surface area contributed by atoms with Crippen LogP contribution in [0.3, 0.4) is 0 Å². The molecule has 2 rings (SSSR count). The average Bonchev–Trinajstić information content (AvgIpc) is 2.17. The molecule has 1 aromatic rings. The largest absolute Gasteiger partial charge is 0.370 e. The van der Waals surface area contributed by atoms with Crippen molar-refractivity contribution in [2.45, 2.75) is 13.8 Å². The smallest absolute Gasteiger partial charge is 0.332 e. The zero-order valence-corrected chi connectivity index (χ0v) is 9.53. The molecule has 0 unspecified atom stereocenters. The molecule has 0 aliphatic carbocycles. The minimum atomic E-state index is 0.754. The SMILES string of the molecule is Cc1nc(C)nc([N+]2(C)CCOCC2)n1. The van der Waals surface area contributed by atoms with Gasteiger partial charge in [-0.05, 0) is 13.8 Å². The monoisotopic (exact) mass is 209 g/mol. The van der Waals surface area contributed by atoms with Gasteiger partial charge < -0.3 is 4.74 Å². The van der Waals surface area contributed by atoms with Crippen LogP contribution < -0.4 is 4.48 Å². The fraction of sp³-hybridized carbons (Fsp3) is 0.700. The van der Waals surface area contributed by atoms with E-state index in [9.17, 15) is 0 Å². The molecule has 0 N–H and O–H groups in total. The third-order valence-corrected chi connectivity index (χ3v) is 2.79. The molecule has 0 saturated carbocycles. The second-order valence-corrected chi connectivity index (χ2v) is 4.19. The zero-order valence-electron chi connectivity index (χ0n) is 9.53. The van der Waals surface area contributed by atoms with Gasteiger partial charge in [0.15, 0.2) is 0 Å². The van der Waals surface area contributed by atoms with Crippen LogP contribution in [-0.2, 0) is 4.74 Å². The summed E-state index contributed by atoms with van der Waals surface area (Å²) >= 11 is 0. The highest BCUT2D eigenvalue weighted by atomic mass is 16.5. The minimum absolute atomic E-state index is 0.754. The van der Waals surface area contributed by atoms with Crippen molar-refractivity contribution in [3.8, 4) is 0 Å². The predicted molar refractivity (Wildman–Crippen MR) is 57.6 cm³/mol. The zero-order chi connectivity index (χ0) is 10.9.